The lowest BCUT2D eigenvalue weighted by Crippen LogP contribution is -2.39. The molecule has 1 saturated heterocycles. The molecule has 1 atom stereocenters. The Balaban J connectivity index is 1.43. The summed E-state index contributed by atoms with van der Waals surface area (Å²) in [6.07, 6.45) is 1.09. The van der Waals surface area contributed by atoms with Crippen LogP contribution in [0.4, 0.5) is 10.5 Å². The fourth-order valence-electron chi connectivity index (χ4n) is 3.77. The Morgan fingerprint density at radius 3 is 2.67 bits per heavy atom. The number of nitrogens with zero attached hydrogens (tertiary/aromatic N) is 3. The SMILES string of the molecule is O=C(Nc1cc(Cl)cc(C(=O)N[C@H](c2nn[nH]n2)C2CCNCC2)c1)OCc1ccccc1. The van der Waals surface area contributed by atoms with Crippen LogP contribution in [0, 0.1) is 5.92 Å². The molecule has 172 valence electrons. The lowest BCUT2D eigenvalue weighted by molar-refractivity contribution is 0.0910. The molecule has 0 saturated carbocycles. The van der Waals surface area contributed by atoms with Crippen molar-refractivity contribution in [3.05, 3.63) is 70.5 Å². The van der Waals surface area contributed by atoms with Crippen molar-refractivity contribution in [2.24, 2.45) is 5.92 Å². The number of halogens is 1. The number of hydrogen-bond acceptors (Lipinski definition) is 7. The van der Waals surface area contributed by atoms with Crippen molar-refractivity contribution in [3.63, 3.8) is 0 Å². The lowest BCUT2D eigenvalue weighted by atomic mass is 9.89. The fourth-order valence-corrected chi connectivity index (χ4v) is 4.00. The second-order valence-corrected chi connectivity index (χ2v) is 8.16. The Hall–Kier alpha value is -3.50. The normalized spacial score (nSPS) is 14.9. The quantitative estimate of drug-likeness (QED) is 0.417. The smallest absolute Gasteiger partial charge is 0.411 e. The van der Waals surface area contributed by atoms with Gasteiger partial charge in [-0.3, -0.25) is 10.1 Å². The summed E-state index contributed by atoms with van der Waals surface area (Å²) in [5.74, 6) is 0.240. The van der Waals surface area contributed by atoms with E-state index < -0.39 is 12.1 Å². The van der Waals surface area contributed by atoms with Gasteiger partial charge in [0, 0.05) is 16.3 Å². The van der Waals surface area contributed by atoms with Crippen molar-refractivity contribution in [1.82, 2.24) is 31.3 Å². The Labute approximate surface area is 195 Å². The van der Waals surface area contributed by atoms with Gasteiger partial charge in [0.15, 0.2) is 5.82 Å². The molecule has 0 unspecified atom stereocenters. The number of hydrogen-bond donors (Lipinski definition) is 4. The first-order valence-electron chi connectivity index (χ1n) is 10.6. The van der Waals surface area contributed by atoms with Crippen molar-refractivity contribution in [1.29, 1.82) is 0 Å². The van der Waals surface area contributed by atoms with Gasteiger partial charge in [0.05, 0.1) is 6.04 Å². The van der Waals surface area contributed by atoms with E-state index >= 15 is 0 Å². The van der Waals surface area contributed by atoms with Crippen LogP contribution in [-0.2, 0) is 11.3 Å². The predicted octanol–water partition coefficient (Wildman–Crippen LogP) is 3.07. The molecule has 1 fully saturated rings. The number of aromatic amines is 1. The van der Waals surface area contributed by atoms with Crippen LogP contribution >= 0.6 is 11.6 Å². The van der Waals surface area contributed by atoms with Crippen LogP contribution in [0.3, 0.4) is 0 Å². The fraction of sp³-hybridized carbons (Fsp3) is 0.318. The van der Waals surface area contributed by atoms with Crippen molar-refractivity contribution < 1.29 is 14.3 Å². The molecule has 11 heteroatoms. The number of H-pyrrole nitrogens is 1. The van der Waals surface area contributed by atoms with Crippen LogP contribution in [0.15, 0.2) is 48.5 Å². The van der Waals surface area contributed by atoms with Crippen molar-refractivity contribution in [2.75, 3.05) is 18.4 Å². The molecule has 10 nitrogen and oxygen atoms in total. The monoisotopic (exact) mass is 469 g/mol. The summed E-state index contributed by atoms with van der Waals surface area (Å²) in [6.45, 7) is 1.83. The molecule has 1 aliphatic heterocycles. The molecule has 2 aromatic carbocycles. The molecule has 3 aromatic rings. The van der Waals surface area contributed by atoms with Crippen LogP contribution in [-0.4, -0.2) is 45.7 Å². The van der Waals surface area contributed by atoms with E-state index in [4.69, 9.17) is 16.3 Å². The summed E-state index contributed by atoms with van der Waals surface area (Å²) in [7, 11) is 0. The van der Waals surface area contributed by atoms with E-state index in [1.54, 1.807) is 12.1 Å². The summed E-state index contributed by atoms with van der Waals surface area (Å²) in [4.78, 5) is 25.3. The van der Waals surface area contributed by atoms with Crippen molar-refractivity contribution in [3.8, 4) is 0 Å². The Morgan fingerprint density at radius 2 is 1.94 bits per heavy atom. The van der Waals surface area contributed by atoms with Gasteiger partial charge in [-0.05, 0) is 55.6 Å². The van der Waals surface area contributed by atoms with Gasteiger partial charge < -0.3 is 15.4 Å². The summed E-state index contributed by atoms with van der Waals surface area (Å²) in [5.41, 5.74) is 1.51. The molecule has 1 aliphatic rings. The van der Waals surface area contributed by atoms with Gasteiger partial charge >= 0.3 is 6.09 Å². The van der Waals surface area contributed by atoms with E-state index in [2.05, 4.69) is 36.6 Å². The topological polar surface area (TPSA) is 134 Å². The van der Waals surface area contributed by atoms with Gasteiger partial charge in [-0.15, -0.1) is 10.2 Å². The van der Waals surface area contributed by atoms with Gasteiger partial charge in [-0.25, -0.2) is 4.79 Å². The highest BCUT2D eigenvalue weighted by molar-refractivity contribution is 6.31. The summed E-state index contributed by atoms with van der Waals surface area (Å²) in [5, 5.41) is 23.5. The maximum Gasteiger partial charge on any atom is 0.411 e. The number of carbonyl (C=O) groups excluding carboxylic acids is 2. The number of rotatable bonds is 7. The average Bonchev–Trinajstić information content (AvgIpc) is 3.36. The highest BCUT2D eigenvalue weighted by Crippen LogP contribution is 2.27. The number of piperidine rings is 1. The molecule has 1 aromatic heterocycles. The van der Waals surface area contributed by atoms with E-state index in [9.17, 15) is 9.59 Å². The standard InChI is InChI=1S/C22H24ClN7O3/c23-17-10-16(11-18(12-17)25-22(32)33-13-14-4-2-1-3-5-14)21(31)26-19(20-27-29-30-28-20)15-6-8-24-9-7-15/h1-5,10-12,15,19,24H,6-9,13H2,(H,25,32)(H,26,31)(H,27,28,29,30)/t19-/m0/s1. The van der Waals surface area contributed by atoms with Crippen molar-refractivity contribution in [2.45, 2.75) is 25.5 Å². The molecular formula is C22H24ClN7O3. The van der Waals surface area contributed by atoms with E-state index in [0.29, 0.717) is 22.1 Å². The summed E-state index contributed by atoms with van der Waals surface area (Å²) < 4.78 is 5.24. The first-order chi connectivity index (χ1) is 16.1. The molecule has 0 aliphatic carbocycles. The number of anilines is 1. The molecule has 33 heavy (non-hydrogen) atoms. The average molecular weight is 470 g/mol. The Bertz CT molecular complexity index is 1070. The molecule has 0 radical (unpaired) electrons. The zero-order valence-corrected chi connectivity index (χ0v) is 18.5. The predicted molar refractivity (Wildman–Crippen MR) is 122 cm³/mol. The Kier molecular flexibility index (Phi) is 7.48. The van der Waals surface area contributed by atoms with Gasteiger partial charge in [0.25, 0.3) is 5.91 Å². The maximum absolute atomic E-state index is 13.1. The van der Waals surface area contributed by atoms with Crippen LogP contribution in [0.25, 0.3) is 0 Å². The third-order valence-corrected chi connectivity index (χ3v) is 5.62. The first-order valence-corrected chi connectivity index (χ1v) is 11.0. The minimum absolute atomic E-state index is 0.128. The highest BCUT2D eigenvalue weighted by atomic mass is 35.5. The minimum Gasteiger partial charge on any atom is -0.444 e. The molecule has 2 amide bonds. The van der Waals surface area contributed by atoms with Gasteiger partial charge in [-0.2, -0.15) is 5.21 Å². The molecule has 0 bridgehead atoms. The van der Waals surface area contributed by atoms with Crippen LogP contribution in [0.5, 0.6) is 0 Å². The number of carbonyl (C=O) groups is 2. The highest BCUT2D eigenvalue weighted by Gasteiger charge is 2.30. The summed E-state index contributed by atoms with van der Waals surface area (Å²) in [6, 6.07) is 13.6. The zero-order valence-electron chi connectivity index (χ0n) is 17.8. The van der Waals surface area contributed by atoms with E-state index in [1.807, 2.05) is 30.3 Å². The number of tetrazole rings is 1. The van der Waals surface area contributed by atoms with Crippen LogP contribution in [0.2, 0.25) is 5.02 Å². The van der Waals surface area contributed by atoms with E-state index in [-0.39, 0.29) is 18.4 Å². The van der Waals surface area contributed by atoms with E-state index in [1.165, 1.54) is 6.07 Å². The molecule has 4 rings (SSSR count). The molecule has 0 spiro atoms. The second-order valence-electron chi connectivity index (χ2n) is 7.72. The number of nitrogens with one attached hydrogen (secondary N) is 4. The molecule has 2 heterocycles. The largest absolute Gasteiger partial charge is 0.444 e. The van der Waals surface area contributed by atoms with E-state index in [0.717, 1.165) is 31.5 Å². The maximum atomic E-state index is 13.1. The summed E-state index contributed by atoms with van der Waals surface area (Å²) >= 11 is 6.22. The number of benzene rings is 2. The van der Waals surface area contributed by atoms with Gasteiger partial charge in [0.2, 0.25) is 0 Å². The number of ether oxygens (including phenoxy) is 1. The van der Waals surface area contributed by atoms with Crippen LogP contribution < -0.4 is 16.0 Å². The van der Waals surface area contributed by atoms with Crippen LogP contribution in [0.1, 0.15) is 40.6 Å². The lowest BCUT2D eigenvalue weighted by Gasteiger charge is -2.29. The number of aromatic nitrogens is 4. The second kappa shape index (κ2) is 10.9. The number of amides is 2. The van der Waals surface area contributed by atoms with Gasteiger partial charge in [-0.1, -0.05) is 47.1 Å². The zero-order chi connectivity index (χ0) is 23.0. The minimum atomic E-state index is -0.646. The molecule has 4 N–H and O–H groups in total. The Morgan fingerprint density at radius 1 is 1.15 bits per heavy atom. The van der Waals surface area contributed by atoms with Crippen molar-refractivity contribution >= 4 is 29.3 Å². The third-order valence-electron chi connectivity index (χ3n) is 5.40. The first kappa shape index (κ1) is 22.7. The van der Waals surface area contributed by atoms with Gasteiger partial charge in [0.1, 0.15) is 6.61 Å². The molecular weight excluding hydrogens is 446 g/mol. The third kappa shape index (κ3) is 6.27.